The van der Waals surface area contributed by atoms with Gasteiger partial charge in [0.2, 0.25) is 10.0 Å². The zero-order valence-corrected chi connectivity index (χ0v) is 17.6. The van der Waals surface area contributed by atoms with E-state index in [0.717, 1.165) is 31.5 Å². The molecule has 0 bridgehead atoms. The van der Waals surface area contributed by atoms with E-state index in [2.05, 4.69) is 0 Å². The second kappa shape index (κ2) is 9.89. The first kappa shape index (κ1) is 21.3. The minimum absolute atomic E-state index is 0.0220. The van der Waals surface area contributed by atoms with Crippen LogP contribution in [-0.4, -0.2) is 50.3 Å². The Bertz CT molecular complexity index is 890. The summed E-state index contributed by atoms with van der Waals surface area (Å²) in [6.07, 6.45) is 4.40. The Hall–Kier alpha value is -2.38. The number of sulfonamides is 1. The molecule has 0 aliphatic carbocycles. The zero-order chi connectivity index (χ0) is 20.7. The van der Waals surface area contributed by atoms with E-state index in [9.17, 15) is 13.2 Å². The summed E-state index contributed by atoms with van der Waals surface area (Å²) in [4.78, 5) is 14.4. The van der Waals surface area contributed by atoms with Gasteiger partial charge in [0.15, 0.2) is 6.61 Å². The van der Waals surface area contributed by atoms with Gasteiger partial charge in [-0.25, -0.2) is 8.42 Å². The van der Waals surface area contributed by atoms with Crippen molar-refractivity contribution in [2.75, 3.05) is 26.7 Å². The van der Waals surface area contributed by atoms with Gasteiger partial charge in [-0.05, 0) is 42.7 Å². The molecule has 0 atom stereocenters. The third-order valence-corrected chi connectivity index (χ3v) is 6.92. The molecule has 7 heteroatoms. The molecule has 0 N–H and O–H groups in total. The van der Waals surface area contributed by atoms with Crippen molar-refractivity contribution in [2.45, 2.75) is 37.1 Å². The molecule has 1 aliphatic heterocycles. The van der Waals surface area contributed by atoms with Gasteiger partial charge in [-0.3, -0.25) is 4.79 Å². The summed E-state index contributed by atoms with van der Waals surface area (Å²) in [7, 11) is -2.04. The van der Waals surface area contributed by atoms with Crippen molar-refractivity contribution in [1.82, 2.24) is 9.21 Å². The van der Waals surface area contributed by atoms with Gasteiger partial charge in [-0.1, -0.05) is 43.2 Å². The van der Waals surface area contributed by atoms with E-state index in [1.165, 1.54) is 29.3 Å². The first-order valence-electron chi connectivity index (χ1n) is 9.98. The van der Waals surface area contributed by atoms with Crippen LogP contribution in [0.1, 0.15) is 31.2 Å². The molecule has 1 amide bonds. The highest BCUT2D eigenvalue weighted by atomic mass is 32.2. The Morgan fingerprint density at radius 1 is 0.966 bits per heavy atom. The van der Waals surface area contributed by atoms with Crippen LogP contribution in [0.15, 0.2) is 59.5 Å². The van der Waals surface area contributed by atoms with Crippen molar-refractivity contribution in [1.29, 1.82) is 0 Å². The van der Waals surface area contributed by atoms with Crippen molar-refractivity contribution in [3.8, 4) is 5.75 Å². The smallest absolute Gasteiger partial charge is 0.260 e. The molecule has 2 aromatic rings. The van der Waals surface area contributed by atoms with Gasteiger partial charge in [0, 0.05) is 26.7 Å². The molecule has 29 heavy (non-hydrogen) atoms. The van der Waals surface area contributed by atoms with Crippen LogP contribution in [-0.2, 0) is 21.4 Å². The van der Waals surface area contributed by atoms with Crippen molar-refractivity contribution >= 4 is 15.9 Å². The van der Waals surface area contributed by atoms with Crippen molar-refractivity contribution in [3.63, 3.8) is 0 Å². The number of likely N-dealkylation sites (tertiary alicyclic amines) is 1. The highest BCUT2D eigenvalue weighted by Crippen LogP contribution is 2.20. The fourth-order valence-electron chi connectivity index (χ4n) is 3.37. The number of benzene rings is 2. The Labute approximate surface area is 173 Å². The molecular weight excluding hydrogens is 388 g/mol. The van der Waals surface area contributed by atoms with Gasteiger partial charge in [0.25, 0.3) is 5.91 Å². The molecule has 1 saturated heterocycles. The van der Waals surface area contributed by atoms with Crippen LogP contribution in [0.4, 0.5) is 0 Å². The van der Waals surface area contributed by atoms with Gasteiger partial charge in [-0.15, -0.1) is 0 Å². The van der Waals surface area contributed by atoms with E-state index < -0.39 is 10.0 Å². The third kappa shape index (κ3) is 5.81. The monoisotopic (exact) mass is 416 g/mol. The molecule has 1 aliphatic rings. The molecule has 156 valence electrons. The number of carbonyl (C=O) groups excluding carboxylic acids is 1. The highest BCUT2D eigenvalue weighted by molar-refractivity contribution is 7.89. The highest BCUT2D eigenvalue weighted by Gasteiger charge is 2.21. The molecule has 1 heterocycles. The number of amides is 1. The van der Waals surface area contributed by atoms with E-state index >= 15 is 0 Å². The van der Waals surface area contributed by atoms with Gasteiger partial charge in [0.05, 0.1) is 4.90 Å². The van der Waals surface area contributed by atoms with Gasteiger partial charge in [0.1, 0.15) is 5.75 Å². The van der Waals surface area contributed by atoms with Crippen LogP contribution in [0.25, 0.3) is 0 Å². The lowest BCUT2D eigenvalue weighted by Gasteiger charge is -2.20. The Balaban J connectivity index is 1.58. The predicted octanol–water partition coefficient (Wildman–Crippen LogP) is 3.29. The van der Waals surface area contributed by atoms with Crippen molar-refractivity contribution in [2.24, 2.45) is 0 Å². The summed E-state index contributed by atoms with van der Waals surface area (Å²) in [6.45, 7) is 1.84. The summed E-state index contributed by atoms with van der Waals surface area (Å²) in [6, 6.07) is 15.7. The quantitative estimate of drug-likeness (QED) is 0.695. The lowest BCUT2D eigenvalue weighted by atomic mass is 10.2. The molecule has 0 spiro atoms. The second-order valence-corrected chi connectivity index (χ2v) is 9.35. The maximum atomic E-state index is 12.8. The predicted molar refractivity (Wildman–Crippen MR) is 112 cm³/mol. The first-order valence-corrected chi connectivity index (χ1v) is 11.4. The van der Waals surface area contributed by atoms with Crippen molar-refractivity contribution < 1.29 is 17.9 Å². The van der Waals surface area contributed by atoms with Gasteiger partial charge < -0.3 is 9.64 Å². The van der Waals surface area contributed by atoms with Crippen LogP contribution >= 0.6 is 0 Å². The second-order valence-electron chi connectivity index (χ2n) is 7.30. The van der Waals surface area contributed by atoms with E-state index in [-0.39, 0.29) is 17.4 Å². The normalized spacial score (nSPS) is 15.2. The van der Waals surface area contributed by atoms with Gasteiger partial charge >= 0.3 is 0 Å². The number of hydrogen-bond donors (Lipinski definition) is 0. The number of nitrogens with zero attached hydrogens (tertiary/aromatic N) is 2. The molecule has 0 radical (unpaired) electrons. The fraction of sp³-hybridized carbons (Fsp3) is 0.409. The lowest BCUT2D eigenvalue weighted by molar-refractivity contribution is -0.133. The molecule has 6 nitrogen and oxygen atoms in total. The maximum Gasteiger partial charge on any atom is 0.260 e. The molecule has 0 saturated carbocycles. The average Bonchev–Trinajstić information content (AvgIpc) is 3.02. The Morgan fingerprint density at radius 2 is 1.59 bits per heavy atom. The standard InChI is InChI=1S/C22H28N2O4S/c1-23(17-19-9-5-4-6-10-19)29(26,27)21-13-11-20(12-14-21)28-18-22(25)24-15-7-2-3-8-16-24/h4-6,9-14H,2-3,7-8,15-18H2,1H3. The molecule has 0 aromatic heterocycles. The number of carbonyl (C=O) groups is 1. The molecule has 1 fully saturated rings. The maximum absolute atomic E-state index is 12.8. The summed E-state index contributed by atoms with van der Waals surface area (Å²) < 4.78 is 32.5. The van der Waals surface area contributed by atoms with Crippen LogP contribution in [0.3, 0.4) is 0 Å². The summed E-state index contributed by atoms with van der Waals surface area (Å²) in [5.41, 5.74) is 0.922. The molecule has 0 unspecified atom stereocenters. The number of rotatable bonds is 7. The Kier molecular flexibility index (Phi) is 7.28. The summed E-state index contributed by atoms with van der Waals surface area (Å²) in [5, 5.41) is 0. The Morgan fingerprint density at radius 3 is 2.21 bits per heavy atom. The molecule has 3 rings (SSSR count). The first-order chi connectivity index (χ1) is 14.0. The van der Waals surface area contributed by atoms with E-state index in [1.54, 1.807) is 19.2 Å². The van der Waals surface area contributed by atoms with E-state index in [4.69, 9.17) is 4.74 Å². The summed E-state index contributed by atoms with van der Waals surface area (Å²) in [5.74, 6) is 0.462. The number of hydrogen-bond acceptors (Lipinski definition) is 4. The van der Waals surface area contributed by atoms with Crippen LogP contribution in [0.5, 0.6) is 5.75 Å². The van der Waals surface area contributed by atoms with Crippen LogP contribution in [0.2, 0.25) is 0 Å². The average molecular weight is 417 g/mol. The van der Waals surface area contributed by atoms with Crippen molar-refractivity contribution in [3.05, 3.63) is 60.2 Å². The minimum Gasteiger partial charge on any atom is -0.484 e. The fourth-order valence-corrected chi connectivity index (χ4v) is 4.53. The topological polar surface area (TPSA) is 66.9 Å². The number of ether oxygens (including phenoxy) is 1. The minimum atomic E-state index is -3.60. The molecular formula is C22H28N2O4S. The van der Waals surface area contributed by atoms with E-state index in [0.29, 0.717) is 12.3 Å². The molecule has 2 aromatic carbocycles. The van der Waals surface area contributed by atoms with Crippen LogP contribution in [0, 0.1) is 0 Å². The summed E-state index contributed by atoms with van der Waals surface area (Å²) >= 11 is 0. The third-order valence-electron chi connectivity index (χ3n) is 5.10. The van der Waals surface area contributed by atoms with E-state index in [1.807, 2.05) is 35.2 Å². The zero-order valence-electron chi connectivity index (χ0n) is 16.8. The van der Waals surface area contributed by atoms with Crippen LogP contribution < -0.4 is 4.74 Å². The van der Waals surface area contributed by atoms with Gasteiger partial charge in [-0.2, -0.15) is 4.31 Å². The lowest BCUT2D eigenvalue weighted by Crippen LogP contribution is -2.35. The largest absolute Gasteiger partial charge is 0.484 e. The SMILES string of the molecule is CN(Cc1ccccc1)S(=O)(=O)c1ccc(OCC(=O)N2CCCCCC2)cc1.